The molecular formula is C20H18ClN5OS. The van der Waals surface area contributed by atoms with Gasteiger partial charge in [-0.2, -0.15) is 5.10 Å². The minimum Gasteiger partial charge on any atom is -0.366 e. The molecule has 4 aromatic rings. The van der Waals surface area contributed by atoms with Crippen LogP contribution in [-0.4, -0.2) is 19.7 Å². The summed E-state index contributed by atoms with van der Waals surface area (Å²) in [5, 5.41) is 10.5. The number of hydrogen-bond acceptors (Lipinski definition) is 5. The molecule has 0 spiro atoms. The number of nitrogens with one attached hydrogen (secondary N) is 2. The molecule has 2 N–H and O–H groups in total. The molecule has 8 heteroatoms. The number of aryl methyl sites for hydroxylation is 2. The lowest BCUT2D eigenvalue weighted by molar-refractivity contribution is 0.661. The topological polar surface area (TPSA) is 75.6 Å². The summed E-state index contributed by atoms with van der Waals surface area (Å²) in [5.41, 5.74) is 2.07. The molecule has 28 heavy (non-hydrogen) atoms. The number of thiophene rings is 1. The third-order valence-electron chi connectivity index (χ3n) is 4.29. The highest BCUT2D eigenvalue weighted by atomic mass is 35.5. The summed E-state index contributed by atoms with van der Waals surface area (Å²) in [6, 6.07) is 15.1. The number of aromatic amines is 1. The van der Waals surface area contributed by atoms with Crippen molar-refractivity contribution >= 4 is 28.8 Å². The smallest absolute Gasteiger partial charge is 0.260 e. The maximum atomic E-state index is 12.8. The van der Waals surface area contributed by atoms with Crippen LogP contribution in [0.3, 0.4) is 0 Å². The Morgan fingerprint density at radius 3 is 2.89 bits per heavy atom. The quantitative estimate of drug-likeness (QED) is 0.477. The lowest BCUT2D eigenvalue weighted by Crippen LogP contribution is -2.22. The average Bonchev–Trinajstić information content (AvgIpc) is 3.35. The van der Waals surface area contributed by atoms with Crippen LogP contribution in [0, 0.1) is 0 Å². The summed E-state index contributed by atoms with van der Waals surface area (Å²) in [4.78, 5) is 18.3. The molecular weight excluding hydrogens is 394 g/mol. The van der Waals surface area contributed by atoms with Gasteiger partial charge in [0.05, 0.1) is 22.1 Å². The van der Waals surface area contributed by atoms with Crippen molar-refractivity contribution in [3.8, 4) is 11.3 Å². The Bertz CT molecular complexity index is 1120. The van der Waals surface area contributed by atoms with Crippen LogP contribution >= 0.6 is 22.9 Å². The number of rotatable bonds is 7. The number of hydrogen-bond donors (Lipinski definition) is 2. The zero-order valence-corrected chi connectivity index (χ0v) is 16.5. The first-order valence-electron chi connectivity index (χ1n) is 8.82. The molecule has 0 aromatic carbocycles. The zero-order chi connectivity index (χ0) is 19.3. The lowest BCUT2D eigenvalue weighted by Gasteiger charge is -2.06. The van der Waals surface area contributed by atoms with Crippen molar-refractivity contribution in [2.45, 2.75) is 19.5 Å². The second-order valence-corrected chi connectivity index (χ2v) is 8.02. The summed E-state index contributed by atoms with van der Waals surface area (Å²) in [6.07, 6.45) is 4.25. The van der Waals surface area contributed by atoms with E-state index in [0.29, 0.717) is 30.8 Å². The molecule has 0 saturated carbocycles. The van der Waals surface area contributed by atoms with Crippen LogP contribution in [0.5, 0.6) is 0 Å². The number of pyridine rings is 2. The van der Waals surface area contributed by atoms with Crippen molar-refractivity contribution in [3.05, 3.63) is 86.2 Å². The van der Waals surface area contributed by atoms with E-state index in [-0.39, 0.29) is 5.56 Å². The van der Waals surface area contributed by atoms with E-state index in [2.05, 4.69) is 20.5 Å². The van der Waals surface area contributed by atoms with Crippen molar-refractivity contribution in [1.82, 2.24) is 19.7 Å². The van der Waals surface area contributed by atoms with Gasteiger partial charge in [-0.15, -0.1) is 11.3 Å². The highest BCUT2D eigenvalue weighted by Gasteiger charge is 2.10. The number of aromatic nitrogens is 4. The molecule has 0 aliphatic heterocycles. The van der Waals surface area contributed by atoms with Crippen LogP contribution in [0.2, 0.25) is 4.34 Å². The van der Waals surface area contributed by atoms with Crippen molar-refractivity contribution in [2.24, 2.45) is 0 Å². The van der Waals surface area contributed by atoms with Crippen LogP contribution in [0.15, 0.2) is 65.7 Å². The maximum absolute atomic E-state index is 12.8. The van der Waals surface area contributed by atoms with Gasteiger partial charge in [-0.1, -0.05) is 17.7 Å². The molecule has 142 valence electrons. The van der Waals surface area contributed by atoms with E-state index in [0.717, 1.165) is 20.7 Å². The van der Waals surface area contributed by atoms with E-state index in [1.54, 1.807) is 23.0 Å². The number of halogens is 1. The van der Waals surface area contributed by atoms with E-state index in [1.165, 1.54) is 11.3 Å². The maximum Gasteiger partial charge on any atom is 0.260 e. The third-order valence-corrected chi connectivity index (χ3v) is 5.52. The van der Waals surface area contributed by atoms with Gasteiger partial charge in [-0.05, 0) is 36.4 Å². The van der Waals surface area contributed by atoms with Gasteiger partial charge in [0.15, 0.2) is 0 Å². The fourth-order valence-corrected chi connectivity index (χ4v) is 3.90. The van der Waals surface area contributed by atoms with Crippen LogP contribution in [0.4, 0.5) is 5.82 Å². The lowest BCUT2D eigenvalue weighted by atomic mass is 10.2. The van der Waals surface area contributed by atoms with Crippen LogP contribution in [0.25, 0.3) is 11.3 Å². The van der Waals surface area contributed by atoms with Crippen LogP contribution in [0.1, 0.15) is 10.6 Å². The van der Waals surface area contributed by atoms with Gasteiger partial charge in [0.2, 0.25) is 0 Å². The van der Waals surface area contributed by atoms with Gasteiger partial charge in [-0.3, -0.25) is 14.9 Å². The molecule has 0 amide bonds. The van der Waals surface area contributed by atoms with Gasteiger partial charge < -0.3 is 9.88 Å². The zero-order valence-electron chi connectivity index (χ0n) is 14.9. The number of H-pyrrole nitrogens is 1. The molecule has 0 fully saturated rings. The van der Waals surface area contributed by atoms with E-state index >= 15 is 0 Å². The Balaban J connectivity index is 1.47. The molecule has 4 heterocycles. The Morgan fingerprint density at radius 1 is 1.18 bits per heavy atom. The molecule has 0 radical (unpaired) electrons. The Hall–Kier alpha value is -2.90. The second kappa shape index (κ2) is 8.41. The van der Waals surface area contributed by atoms with E-state index in [1.807, 2.05) is 42.5 Å². The van der Waals surface area contributed by atoms with Crippen molar-refractivity contribution in [2.75, 3.05) is 5.32 Å². The summed E-state index contributed by atoms with van der Waals surface area (Å²) >= 11 is 7.48. The first kappa shape index (κ1) is 18.5. The van der Waals surface area contributed by atoms with E-state index < -0.39 is 0 Å². The first-order chi connectivity index (χ1) is 13.7. The van der Waals surface area contributed by atoms with Gasteiger partial charge >= 0.3 is 0 Å². The Labute approximate surface area is 170 Å². The number of nitrogens with zero attached hydrogens (tertiary/aromatic N) is 3. The predicted octanol–water partition coefficient (Wildman–Crippen LogP) is 4.20. The van der Waals surface area contributed by atoms with Crippen molar-refractivity contribution in [3.63, 3.8) is 0 Å². The minimum atomic E-state index is -0.0680. The Morgan fingerprint density at radius 2 is 2.11 bits per heavy atom. The molecule has 4 rings (SSSR count). The molecule has 6 nitrogen and oxygen atoms in total. The van der Waals surface area contributed by atoms with Gasteiger partial charge in [-0.25, -0.2) is 0 Å². The highest BCUT2D eigenvalue weighted by Crippen LogP contribution is 2.23. The normalized spacial score (nSPS) is 10.9. The fraction of sp³-hybridized carbons (Fsp3) is 0.150. The van der Waals surface area contributed by atoms with E-state index in [9.17, 15) is 4.79 Å². The van der Waals surface area contributed by atoms with Crippen LogP contribution < -0.4 is 10.9 Å². The monoisotopic (exact) mass is 411 g/mol. The minimum absolute atomic E-state index is 0.0680. The molecule has 0 aliphatic carbocycles. The van der Waals surface area contributed by atoms with Crippen LogP contribution in [-0.2, 0) is 19.5 Å². The SMILES string of the molecule is O=c1c(-c2cc(NCc3ccc(Cl)s3)[nH]n2)cccn1CCc1ccccn1. The molecule has 0 saturated heterocycles. The summed E-state index contributed by atoms with van der Waals surface area (Å²) < 4.78 is 2.46. The molecule has 0 aliphatic rings. The fourth-order valence-electron chi connectivity index (χ4n) is 2.87. The van der Waals surface area contributed by atoms with Gasteiger partial charge in [0.1, 0.15) is 5.82 Å². The standard InChI is InChI=1S/C20H18ClN5OS/c21-18-7-6-15(28-18)13-23-19-12-17(24-25-19)16-5-3-10-26(20(16)27)11-8-14-4-1-2-9-22-14/h1-7,9-10,12H,8,11,13H2,(H2,23,24,25). The van der Waals surface area contributed by atoms with Gasteiger partial charge in [0, 0.05) is 42.0 Å². The highest BCUT2D eigenvalue weighted by molar-refractivity contribution is 7.16. The van der Waals surface area contributed by atoms with Gasteiger partial charge in [0.25, 0.3) is 5.56 Å². The molecule has 0 atom stereocenters. The number of anilines is 1. The molecule has 0 bridgehead atoms. The van der Waals surface area contributed by atoms with Crippen molar-refractivity contribution < 1.29 is 0 Å². The largest absolute Gasteiger partial charge is 0.366 e. The third kappa shape index (κ3) is 4.32. The Kier molecular flexibility index (Phi) is 5.55. The summed E-state index contributed by atoms with van der Waals surface area (Å²) in [5.74, 6) is 0.753. The van der Waals surface area contributed by atoms with Crippen molar-refractivity contribution in [1.29, 1.82) is 0 Å². The predicted molar refractivity (Wildman–Crippen MR) is 113 cm³/mol. The second-order valence-electron chi connectivity index (χ2n) is 6.22. The molecule has 0 unspecified atom stereocenters. The summed E-state index contributed by atoms with van der Waals surface area (Å²) in [7, 11) is 0. The first-order valence-corrected chi connectivity index (χ1v) is 10.0. The van der Waals surface area contributed by atoms with E-state index in [4.69, 9.17) is 11.6 Å². The molecule has 4 aromatic heterocycles. The summed E-state index contributed by atoms with van der Waals surface area (Å²) in [6.45, 7) is 1.21. The average molecular weight is 412 g/mol.